The predicted octanol–water partition coefficient (Wildman–Crippen LogP) is 3.45. The zero-order valence-electron chi connectivity index (χ0n) is 33.1. The van der Waals surface area contributed by atoms with Gasteiger partial charge in [0.1, 0.15) is 12.1 Å². The minimum absolute atomic E-state index is 0.0410. The fourth-order valence-electron chi connectivity index (χ4n) is 11.5. The molecule has 51 heavy (non-hydrogen) atoms. The van der Waals surface area contributed by atoms with Crippen LogP contribution in [0.15, 0.2) is 0 Å². The molecule has 5 aliphatic carbocycles. The summed E-state index contributed by atoms with van der Waals surface area (Å²) in [5.41, 5.74) is 0.310. The molecular formula is C40H72N4O7. The maximum absolute atomic E-state index is 14.3. The third-order valence-corrected chi connectivity index (χ3v) is 14.5. The first-order chi connectivity index (χ1) is 24.1. The summed E-state index contributed by atoms with van der Waals surface area (Å²) in [6, 6.07) is -0.603. The van der Waals surface area contributed by atoms with Gasteiger partial charge in [0, 0.05) is 43.5 Å². The fourth-order valence-corrected chi connectivity index (χ4v) is 11.5. The lowest BCUT2D eigenvalue weighted by Gasteiger charge is -2.62. The molecule has 11 nitrogen and oxygen atoms in total. The zero-order valence-corrected chi connectivity index (χ0v) is 33.1. The molecule has 0 aromatic carbocycles. The van der Waals surface area contributed by atoms with Crippen LogP contribution in [0, 0.1) is 58.7 Å². The number of rotatable bonds is 14. The number of methoxy groups -OCH3 is 1. The van der Waals surface area contributed by atoms with Gasteiger partial charge in [0.05, 0.1) is 31.5 Å². The average molecular weight is 721 g/mol. The highest BCUT2D eigenvalue weighted by molar-refractivity contribution is 5.83. The molecule has 0 radical (unpaired) electrons. The van der Waals surface area contributed by atoms with E-state index in [1.165, 1.54) is 6.42 Å². The molecule has 1 heterocycles. The van der Waals surface area contributed by atoms with Gasteiger partial charge >= 0.3 is 0 Å². The van der Waals surface area contributed by atoms with Crippen molar-refractivity contribution >= 4 is 11.8 Å². The van der Waals surface area contributed by atoms with E-state index < -0.39 is 24.2 Å². The summed E-state index contributed by atoms with van der Waals surface area (Å²) in [6.07, 6.45) is 6.87. The van der Waals surface area contributed by atoms with Gasteiger partial charge in [-0.25, -0.2) is 0 Å². The van der Waals surface area contributed by atoms with E-state index in [0.717, 1.165) is 51.4 Å². The van der Waals surface area contributed by atoms with Gasteiger partial charge in [0.15, 0.2) is 0 Å². The molecular weight excluding hydrogens is 648 g/mol. The molecule has 294 valence electrons. The van der Waals surface area contributed by atoms with Crippen molar-refractivity contribution in [2.45, 2.75) is 142 Å². The molecule has 5 N–H and O–H groups in total. The topological polar surface area (TPSA) is 144 Å². The van der Waals surface area contributed by atoms with E-state index >= 15 is 0 Å². The smallest absolute Gasteiger partial charge is 0.240 e. The van der Waals surface area contributed by atoms with E-state index in [0.29, 0.717) is 35.6 Å². The number of nitrogens with one attached hydrogen (secondary N) is 2. The number of hydrogen-bond acceptors (Lipinski definition) is 9. The van der Waals surface area contributed by atoms with Crippen molar-refractivity contribution in [2.24, 2.45) is 58.7 Å². The van der Waals surface area contributed by atoms with Crippen molar-refractivity contribution in [3.8, 4) is 0 Å². The Balaban J connectivity index is 1.31. The lowest BCUT2D eigenvalue weighted by atomic mass is 9.45. The number of carbonyl (C=O) groups is 2. The Morgan fingerprint density at radius 3 is 2.33 bits per heavy atom. The number of fused-ring (bicyclic) bond motifs is 2. The highest BCUT2D eigenvalue weighted by Crippen LogP contribution is 2.61. The van der Waals surface area contributed by atoms with Crippen LogP contribution in [0.2, 0.25) is 0 Å². The van der Waals surface area contributed by atoms with Crippen LogP contribution in [-0.4, -0.2) is 121 Å². The molecule has 2 amide bonds. The predicted molar refractivity (Wildman–Crippen MR) is 197 cm³/mol. The maximum Gasteiger partial charge on any atom is 0.240 e. The number of aliphatic hydroxyl groups excluding tert-OH is 3. The minimum Gasteiger partial charge on any atom is -0.394 e. The summed E-state index contributed by atoms with van der Waals surface area (Å²) in [5, 5.41) is 39.7. The third-order valence-electron chi connectivity index (χ3n) is 14.5. The first kappa shape index (κ1) is 40.8. The van der Waals surface area contributed by atoms with Crippen LogP contribution in [0.25, 0.3) is 0 Å². The summed E-state index contributed by atoms with van der Waals surface area (Å²) in [6.45, 7) is 13.0. The average Bonchev–Trinajstić information content (AvgIpc) is 3.46. The second-order valence-electron chi connectivity index (χ2n) is 18.6. The third kappa shape index (κ3) is 8.65. The number of ether oxygens (including phenoxy) is 1. The molecule has 11 heteroatoms. The van der Waals surface area contributed by atoms with Crippen molar-refractivity contribution in [3.63, 3.8) is 0 Å². The summed E-state index contributed by atoms with van der Waals surface area (Å²) >= 11 is 0. The highest BCUT2D eigenvalue weighted by atomic mass is 16.7. The van der Waals surface area contributed by atoms with Crippen molar-refractivity contribution in [3.05, 3.63) is 0 Å². The molecule has 15 atom stereocenters. The standard InChI is InChI=1S/C40H72N4O7/c1-22(2)13-29(20-45)41-38(48)27-14-26(15-30(16-27)43(7)8)31-12-10-11-25(37(31)50-9)19-44-36(35(24(4)47)34(21-46)51-44)39(49)42-33-18-28-17-32(23(33)3)40(28,5)6/h22-37,45-47H,10-21H2,1-9H3,(H,41,48)(H,42,49)/t23-,24-,25?,26?,27?,28+,29-,30?,31?,32-,33-,34-,35+,36-,37?/m0/s1. The first-order valence-electron chi connectivity index (χ1n) is 20.2. The van der Waals surface area contributed by atoms with Crippen molar-refractivity contribution < 1.29 is 34.5 Å². The molecule has 6 fully saturated rings. The van der Waals surface area contributed by atoms with Crippen molar-refractivity contribution in [1.29, 1.82) is 0 Å². The van der Waals surface area contributed by atoms with Crippen LogP contribution in [0.5, 0.6) is 0 Å². The molecule has 6 rings (SSSR count). The molecule has 0 aromatic rings. The van der Waals surface area contributed by atoms with Gasteiger partial charge in [0.25, 0.3) is 0 Å². The number of aliphatic hydroxyl groups is 3. The first-order valence-corrected chi connectivity index (χ1v) is 20.2. The maximum atomic E-state index is 14.3. The Labute approximate surface area is 307 Å². The van der Waals surface area contributed by atoms with E-state index in [2.05, 4.69) is 64.2 Å². The Hall–Kier alpha value is -1.34. The van der Waals surface area contributed by atoms with Gasteiger partial charge in [-0.15, -0.1) is 0 Å². The van der Waals surface area contributed by atoms with E-state index in [4.69, 9.17) is 9.57 Å². The molecule has 0 spiro atoms. The van der Waals surface area contributed by atoms with Gasteiger partial charge < -0.3 is 35.6 Å². The molecule has 2 bridgehead atoms. The Morgan fingerprint density at radius 2 is 1.76 bits per heavy atom. The summed E-state index contributed by atoms with van der Waals surface area (Å²) in [4.78, 5) is 36.6. The second-order valence-corrected chi connectivity index (χ2v) is 18.6. The second kappa shape index (κ2) is 17.0. The van der Waals surface area contributed by atoms with E-state index in [1.54, 1.807) is 19.1 Å². The Bertz CT molecular complexity index is 1170. The molecule has 6 unspecified atom stereocenters. The van der Waals surface area contributed by atoms with Gasteiger partial charge in [-0.2, -0.15) is 5.06 Å². The van der Waals surface area contributed by atoms with Crippen molar-refractivity contribution in [1.82, 2.24) is 20.6 Å². The van der Waals surface area contributed by atoms with Crippen LogP contribution < -0.4 is 10.6 Å². The summed E-state index contributed by atoms with van der Waals surface area (Å²) < 4.78 is 6.36. The van der Waals surface area contributed by atoms with Crippen molar-refractivity contribution in [2.75, 3.05) is 41.0 Å². The molecule has 5 saturated carbocycles. The van der Waals surface area contributed by atoms with Crippen LogP contribution >= 0.6 is 0 Å². The number of nitrogens with zero attached hydrogens (tertiary/aromatic N) is 2. The van der Waals surface area contributed by atoms with Gasteiger partial charge in [-0.05, 0) is 113 Å². The Kier molecular flexibility index (Phi) is 13.6. The lowest BCUT2D eigenvalue weighted by Crippen LogP contribution is -2.62. The normalized spacial score (nSPS) is 40.9. The van der Waals surface area contributed by atoms with Crippen LogP contribution in [-0.2, 0) is 19.2 Å². The quantitative estimate of drug-likeness (QED) is 0.182. The van der Waals surface area contributed by atoms with E-state index in [-0.39, 0.29) is 72.9 Å². The zero-order chi connectivity index (χ0) is 37.4. The number of hydrogen-bond donors (Lipinski definition) is 5. The van der Waals surface area contributed by atoms with Crippen LogP contribution in [0.1, 0.15) is 99.3 Å². The summed E-state index contributed by atoms with van der Waals surface area (Å²) in [5.74, 6) is 1.77. The number of carbonyl (C=O) groups excluding carboxylic acids is 2. The van der Waals surface area contributed by atoms with E-state index in [9.17, 15) is 24.9 Å². The molecule has 1 aliphatic heterocycles. The number of hydroxylamine groups is 2. The minimum atomic E-state index is -0.837. The largest absolute Gasteiger partial charge is 0.394 e. The highest BCUT2D eigenvalue weighted by Gasteiger charge is 2.58. The number of amides is 2. The molecule has 0 aromatic heterocycles. The van der Waals surface area contributed by atoms with Gasteiger partial charge in [-0.3, -0.25) is 14.4 Å². The molecule has 1 saturated heterocycles. The van der Waals surface area contributed by atoms with E-state index in [1.807, 2.05) is 0 Å². The van der Waals surface area contributed by atoms with Crippen LogP contribution in [0.3, 0.4) is 0 Å². The summed E-state index contributed by atoms with van der Waals surface area (Å²) in [7, 11) is 5.98. The monoisotopic (exact) mass is 721 g/mol. The SMILES string of the molecule is COC1C(CN2O[C@@H](CO)[C@@H]([C@H](C)O)[C@H]2C(=O)N[C@H]2C[C@H]3C[C@@H]([C@@H]2C)C3(C)C)CCCC1C1CC(C(=O)N[C@H](CO)CC(C)C)CC(N(C)C)C1. The van der Waals surface area contributed by atoms with Gasteiger partial charge in [0.2, 0.25) is 11.8 Å². The lowest BCUT2D eigenvalue weighted by molar-refractivity contribution is -0.193. The Morgan fingerprint density at radius 1 is 1.04 bits per heavy atom. The molecule has 6 aliphatic rings. The van der Waals surface area contributed by atoms with Crippen LogP contribution in [0.4, 0.5) is 0 Å². The fraction of sp³-hybridized carbons (Fsp3) is 0.950. The van der Waals surface area contributed by atoms with Gasteiger partial charge in [-0.1, -0.05) is 41.0 Å².